The topological polar surface area (TPSA) is 92.4 Å². The number of amides is 3. The van der Waals surface area contributed by atoms with Gasteiger partial charge in [0.05, 0.1) is 23.6 Å². The summed E-state index contributed by atoms with van der Waals surface area (Å²) in [6.45, 7) is 8.12. The molecule has 1 aromatic heterocycles. The van der Waals surface area contributed by atoms with Crippen molar-refractivity contribution in [2.45, 2.75) is 40.7 Å². The largest absolute Gasteiger partial charge is 0.481 e. The second-order valence-corrected chi connectivity index (χ2v) is 7.13. The van der Waals surface area contributed by atoms with E-state index in [9.17, 15) is 9.59 Å². The fraction of sp³-hybridized carbons (Fsp3) is 0.389. The van der Waals surface area contributed by atoms with E-state index in [1.165, 1.54) is 11.3 Å². The summed E-state index contributed by atoms with van der Waals surface area (Å²) in [5.74, 6) is 0.468. The van der Waals surface area contributed by atoms with E-state index in [1.807, 2.05) is 33.1 Å². The lowest BCUT2D eigenvalue weighted by atomic mass is 9.99. The third-order valence-corrected chi connectivity index (χ3v) is 5.37. The van der Waals surface area contributed by atoms with Crippen LogP contribution in [-0.2, 0) is 17.8 Å². The summed E-state index contributed by atoms with van der Waals surface area (Å²) >= 11 is 1.53. The third kappa shape index (κ3) is 3.50. The number of aryl methyl sites for hydroxylation is 1. The van der Waals surface area contributed by atoms with Gasteiger partial charge in [0.2, 0.25) is 0 Å². The van der Waals surface area contributed by atoms with E-state index < -0.39 is 0 Å². The van der Waals surface area contributed by atoms with Gasteiger partial charge in [-0.1, -0.05) is 6.92 Å². The first-order chi connectivity index (χ1) is 12.4. The Bertz CT molecular complexity index is 876. The first-order valence-electron chi connectivity index (χ1n) is 8.45. The Labute approximate surface area is 156 Å². The first kappa shape index (κ1) is 18.2. The smallest absolute Gasteiger partial charge is 0.319 e. The van der Waals surface area contributed by atoms with E-state index in [2.05, 4.69) is 20.9 Å². The SMILES string of the molecule is CCc1csc(CNC(=O)Nc2c(C)c(C)c3c(c2C)NC(=O)CO3)n1. The van der Waals surface area contributed by atoms with E-state index >= 15 is 0 Å². The van der Waals surface area contributed by atoms with Gasteiger partial charge in [0.25, 0.3) is 5.91 Å². The molecule has 3 amide bonds. The summed E-state index contributed by atoms with van der Waals surface area (Å²) in [5.41, 5.74) is 4.90. The zero-order chi connectivity index (χ0) is 18.8. The number of aromatic nitrogens is 1. The van der Waals surface area contributed by atoms with Crippen LogP contribution in [0, 0.1) is 20.8 Å². The van der Waals surface area contributed by atoms with Crippen molar-refractivity contribution in [2.75, 3.05) is 17.2 Å². The molecule has 0 radical (unpaired) electrons. The molecule has 2 heterocycles. The predicted octanol–water partition coefficient (Wildman–Crippen LogP) is 3.28. The van der Waals surface area contributed by atoms with Crippen molar-refractivity contribution in [3.05, 3.63) is 32.8 Å². The number of nitrogens with zero attached hydrogens (tertiary/aromatic N) is 1. The van der Waals surface area contributed by atoms with Crippen LogP contribution in [0.3, 0.4) is 0 Å². The van der Waals surface area contributed by atoms with Gasteiger partial charge in [-0.15, -0.1) is 11.3 Å². The molecule has 3 rings (SSSR count). The summed E-state index contributed by atoms with van der Waals surface area (Å²) in [6, 6.07) is -0.313. The number of carbonyl (C=O) groups excluding carboxylic acids is 2. The Balaban J connectivity index is 1.76. The van der Waals surface area contributed by atoms with Crippen LogP contribution in [-0.4, -0.2) is 23.5 Å². The number of fused-ring (bicyclic) bond motifs is 1. The Hall–Kier alpha value is -2.61. The van der Waals surface area contributed by atoms with E-state index in [0.717, 1.165) is 33.8 Å². The van der Waals surface area contributed by atoms with E-state index in [4.69, 9.17) is 4.74 Å². The van der Waals surface area contributed by atoms with Crippen molar-refractivity contribution in [1.29, 1.82) is 0 Å². The molecule has 1 aromatic carbocycles. The quantitative estimate of drug-likeness (QED) is 0.766. The molecule has 1 aliphatic heterocycles. The standard InChI is InChI=1S/C18H22N4O3S/c1-5-12-8-26-14(20-12)6-19-18(24)22-15-9(2)10(3)17-16(11(15)4)21-13(23)7-25-17/h8H,5-7H2,1-4H3,(H,21,23)(H2,19,22,24). The van der Waals surface area contributed by atoms with Crippen LogP contribution in [0.4, 0.5) is 16.2 Å². The van der Waals surface area contributed by atoms with Crippen molar-refractivity contribution < 1.29 is 14.3 Å². The van der Waals surface area contributed by atoms with Gasteiger partial charge < -0.3 is 20.7 Å². The maximum atomic E-state index is 12.3. The molecule has 0 saturated carbocycles. The van der Waals surface area contributed by atoms with Crippen LogP contribution in [0.25, 0.3) is 0 Å². The molecule has 1 aliphatic rings. The maximum Gasteiger partial charge on any atom is 0.319 e. The van der Waals surface area contributed by atoms with Crippen LogP contribution < -0.4 is 20.7 Å². The summed E-state index contributed by atoms with van der Waals surface area (Å²) in [7, 11) is 0. The molecule has 138 valence electrons. The van der Waals surface area contributed by atoms with Crippen molar-refractivity contribution >= 4 is 34.6 Å². The number of carbonyl (C=O) groups is 2. The number of ether oxygens (including phenoxy) is 1. The molecule has 0 bridgehead atoms. The summed E-state index contributed by atoms with van der Waals surface area (Å²) < 4.78 is 5.56. The predicted molar refractivity (Wildman–Crippen MR) is 102 cm³/mol. The summed E-state index contributed by atoms with van der Waals surface area (Å²) in [4.78, 5) is 28.4. The highest BCUT2D eigenvalue weighted by Crippen LogP contribution is 2.41. The van der Waals surface area contributed by atoms with E-state index in [1.54, 1.807) is 0 Å². The minimum Gasteiger partial charge on any atom is -0.481 e. The lowest BCUT2D eigenvalue weighted by Gasteiger charge is -2.26. The van der Waals surface area contributed by atoms with Crippen LogP contribution in [0.1, 0.15) is 34.3 Å². The van der Waals surface area contributed by atoms with Crippen LogP contribution >= 0.6 is 11.3 Å². The highest BCUT2D eigenvalue weighted by atomic mass is 32.1. The number of rotatable bonds is 4. The van der Waals surface area contributed by atoms with E-state index in [0.29, 0.717) is 23.7 Å². The minimum absolute atomic E-state index is 0.00748. The molecule has 0 atom stereocenters. The van der Waals surface area contributed by atoms with Gasteiger partial charge in [-0.05, 0) is 38.3 Å². The molecule has 26 heavy (non-hydrogen) atoms. The lowest BCUT2D eigenvalue weighted by molar-refractivity contribution is -0.118. The highest BCUT2D eigenvalue weighted by Gasteiger charge is 2.25. The summed E-state index contributed by atoms with van der Waals surface area (Å²) in [5, 5.41) is 11.4. The lowest BCUT2D eigenvalue weighted by Crippen LogP contribution is -2.30. The molecular formula is C18H22N4O3S. The third-order valence-electron chi connectivity index (χ3n) is 4.47. The van der Waals surface area contributed by atoms with Gasteiger partial charge in [-0.25, -0.2) is 9.78 Å². The van der Waals surface area contributed by atoms with Crippen LogP contribution in [0.2, 0.25) is 0 Å². The van der Waals surface area contributed by atoms with Gasteiger partial charge >= 0.3 is 6.03 Å². The fourth-order valence-electron chi connectivity index (χ4n) is 2.86. The minimum atomic E-state index is -0.313. The zero-order valence-corrected chi connectivity index (χ0v) is 16.1. The average Bonchev–Trinajstić information content (AvgIpc) is 3.10. The number of benzene rings is 1. The second kappa shape index (κ2) is 7.33. The van der Waals surface area contributed by atoms with Crippen molar-refractivity contribution in [3.63, 3.8) is 0 Å². The summed E-state index contributed by atoms with van der Waals surface area (Å²) in [6.07, 6.45) is 0.878. The number of urea groups is 1. The molecule has 3 N–H and O–H groups in total. The number of hydrogen-bond acceptors (Lipinski definition) is 5. The molecule has 0 aliphatic carbocycles. The fourth-order valence-corrected chi connectivity index (χ4v) is 3.68. The normalized spacial score (nSPS) is 12.8. The van der Waals surface area contributed by atoms with Crippen molar-refractivity contribution in [1.82, 2.24) is 10.3 Å². The molecular weight excluding hydrogens is 352 g/mol. The Morgan fingerprint density at radius 2 is 2.08 bits per heavy atom. The molecule has 0 unspecified atom stereocenters. The van der Waals surface area contributed by atoms with Crippen LogP contribution in [0.5, 0.6) is 5.75 Å². The van der Waals surface area contributed by atoms with Crippen molar-refractivity contribution in [2.24, 2.45) is 0 Å². The number of thiazole rings is 1. The monoisotopic (exact) mass is 374 g/mol. The molecule has 2 aromatic rings. The average molecular weight is 374 g/mol. The Kier molecular flexibility index (Phi) is 5.13. The Morgan fingerprint density at radius 1 is 1.31 bits per heavy atom. The molecule has 0 saturated heterocycles. The van der Waals surface area contributed by atoms with Gasteiger partial charge in [0.1, 0.15) is 10.8 Å². The molecule has 0 fully saturated rings. The number of hydrogen-bond donors (Lipinski definition) is 3. The van der Waals surface area contributed by atoms with Gasteiger partial charge in [0, 0.05) is 10.9 Å². The molecule has 0 spiro atoms. The number of nitrogens with one attached hydrogen (secondary N) is 3. The van der Waals surface area contributed by atoms with Gasteiger partial charge in [-0.3, -0.25) is 4.79 Å². The molecule has 8 heteroatoms. The highest BCUT2D eigenvalue weighted by molar-refractivity contribution is 7.09. The van der Waals surface area contributed by atoms with Crippen molar-refractivity contribution in [3.8, 4) is 5.75 Å². The molecule has 7 nitrogen and oxygen atoms in total. The van der Waals surface area contributed by atoms with Gasteiger partial charge in [0.15, 0.2) is 6.61 Å². The number of anilines is 2. The van der Waals surface area contributed by atoms with Crippen LogP contribution in [0.15, 0.2) is 5.38 Å². The zero-order valence-electron chi connectivity index (χ0n) is 15.3. The first-order valence-corrected chi connectivity index (χ1v) is 9.33. The van der Waals surface area contributed by atoms with E-state index in [-0.39, 0.29) is 18.5 Å². The second-order valence-electron chi connectivity index (χ2n) is 6.18. The van der Waals surface area contributed by atoms with Gasteiger partial charge in [-0.2, -0.15) is 0 Å². The maximum absolute atomic E-state index is 12.3. The Morgan fingerprint density at radius 3 is 2.77 bits per heavy atom.